The summed E-state index contributed by atoms with van der Waals surface area (Å²) in [6.45, 7) is 0.320. The van der Waals surface area contributed by atoms with Crippen LogP contribution in [0.2, 0.25) is 5.28 Å². The Morgan fingerprint density at radius 1 is 1.38 bits per heavy atom. The maximum absolute atomic E-state index is 14.9. The van der Waals surface area contributed by atoms with Crippen LogP contribution in [0, 0.1) is 23.6 Å². The van der Waals surface area contributed by atoms with Gasteiger partial charge in [0.25, 0.3) is 5.92 Å². The fourth-order valence-electron chi connectivity index (χ4n) is 3.14. The third-order valence-corrected chi connectivity index (χ3v) is 5.17. The Morgan fingerprint density at radius 2 is 2.10 bits per heavy atom. The average molecular weight is 426 g/mol. The Bertz CT molecular complexity index is 1120. The number of halogens is 4. The molecule has 1 saturated carbocycles. The smallest absolute Gasteiger partial charge is 0.312 e. The van der Waals surface area contributed by atoms with Gasteiger partial charge in [-0.15, -0.1) is 5.10 Å². The number of aromatic nitrogens is 3. The second-order valence-corrected chi connectivity index (χ2v) is 7.47. The van der Waals surface area contributed by atoms with Gasteiger partial charge in [-0.05, 0) is 36.6 Å². The zero-order valence-corrected chi connectivity index (χ0v) is 15.8. The van der Waals surface area contributed by atoms with E-state index in [0.29, 0.717) is 6.92 Å². The number of fused-ring (bicyclic) bond motifs is 1. The topological polar surface area (TPSA) is 91.8 Å². The second-order valence-electron chi connectivity index (χ2n) is 7.13. The molecule has 2 aliphatic rings. The molecule has 4 rings (SSSR count). The van der Waals surface area contributed by atoms with Gasteiger partial charge < -0.3 is 10.6 Å². The Hall–Kier alpha value is -2.93. The van der Waals surface area contributed by atoms with Gasteiger partial charge in [0, 0.05) is 29.7 Å². The molecule has 1 aromatic heterocycles. The predicted molar refractivity (Wildman–Crippen MR) is 98.3 cm³/mol. The van der Waals surface area contributed by atoms with Crippen molar-refractivity contribution >= 4 is 23.3 Å². The third-order valence-electron chi connectivity index (χ3n) is 4.88. The summed E-state index contributed by atoms with van der Waals surface area (Å²) >= 11 is 5.80. The lowest BCUT2D eigenvalue weighted by molar-refractivity contribution is -0.0465. The molecule has 0 spiro atoms. The van der Waals surface area contributed by atoms with E-state index in [2.05, 4.69) is 32.7 Å². The molecule has 152 valence electrons. The van der Waals surface area contributed by atoms with Crippen LogP contribution in [0.1, 0.15) is 30.9 Å². The minimum atomic E-state index is -3.50. The van der Waals surface area contributed by atoms with E-state index in [0.717, 1.165) is 23.5 Å². The molecule has 1 aliphatic carbocycles. The highest BCUT2D eigenvalue weighted by Gasteiger charge is 2.55. The van der Waals surface area contributed by atoms with E-state index in [-0.39, 0.29) is 34.6 Å². The van der Waals surface area contributed by atoms with Crippen molar-refractivity contribution in [1.82, 2.24) is 20.1 Å². The minimum Gasteiger partial charge on any atom is -0.312 e. The first-order valence-corrected chi connectivity index (χ1v) is 9.12. The first-order valence-electron chi connectivity index (χ1n) is 8.74. The molecule has 1 aliphatic heterocycles. The molecule has 2 amide bonds. The normalized spacial score (nSPS) is 20.9. The van der Waals surface area contributed by atoms with Gasteiger partial charge in [0.05, 0.1) is 6.54 Å². The largest absolute Gasteiger partial charge is 0.344 e. The average Bonchev–Trinajstić information content (AvgIpc) is 3.41. The number of alkyl halides is 2. The molecule has 1 aromatic carbocycles. The van der Waals surface area contributed by atoms with E-state index >= 15 is 0 Å². The van der Waals surface area contributed by atoms with Gasteiger partial charge in [-0.25, -0.2) is 27.9 Å². The number of H-pyrrole nitrogens is 1. The van der Waals surface area contributed by atoms with Crippen LogP contribution in [0.15, 0.2) is 16.9 Å². The number of anilines is 1. The highest BCUT2D eigenvalue weighted by atomic mass is 35.5. The number of nitrogens with zero attached hydrogens (tertiary/aromatic N) is 2. The van der Waals surface area contributed by atoms with Crippen molar-refractivity contribution in [3.05, 3.63) is 44.8 Å². The van der Waals surface area contributed by atoms with Crippen molar-refractivity contribution in [3.8, 4) is 11.8 Å². The fourth-order valence-corrected chi connectivity index (χ4v) is 3.32. The lowest BCUT2D eigenvalue weighted by atomic mass is 9.81. The van der Waals surface area contributed by atoms with Crippen LogP contribution in [0.3, 0.4) is 0 Å². The van der Waals surface area contributed by atoms with Gasteiger partial charge >= 0.3 is 11.7 Å². The zero-order chi connectivity index (χ0) is 21.0. The second kappa shape index (κ2) is 6.56. The number of amides is 2. The Labute approximate surface area is 167 Å². The monoisotopic (exact) mass is 425 g/mol. The minimum absolute atomic E-state index is 0.0105. The maximum atomic E-state index is 14.9. The summed E-state index contributed by atoms with van der Waals surface area (Å²) in [5, 5.41) is 10.0. The van der Waals surface area contributed by atoms with Crippen molar-refractivity contribution in [3.63, 3.8) is 0 Å². The standard InChI is InChI=1S/C18H15ClF3N5O2/c1-17(21,22)18(5-4-9-2-3-9)11-7-12(20)10(6-13(11)23-15(28)24-18)8-27-14(19)25-26-16(27)29/h6-7,9H,2-3,8H2,1H3,(H,26,29)(H2,23,24,28)/t18-/m0/s1. The first-order chi connectivity index (χ1) is 13.6. The summed E-state index contributed by atoms with van der Waals surface area (Å²) in [7, 11) is 0. The zero-order valence-electron chi connectivity index (χ0n) is 15.1. The van der Waals surface area contributed by atoms with Gasteiger partial charge in [-0.3, -0.25) is 4.57 Å². The Morgan fingerprint density at radius 3 is 2.69 bits per heavy atom. The van der Waals surface area contributed by atoms with Crippen molar-refractivity contribution in [2.45, 2.75) is 37.8 Å². The third kappa shape index (κ3) is 3.35. The molecule has 29 heavy (non-hydrogen) atoms. The number of carbonyl (C=O) groups excluding carboxylic acids is 1. The lowest BCUT2D eigenvalue weighted by Crippen LogP contribution is -2.59. The van der Waals surface area contributed by atoms with E-state index in [1.54, 1.807) is 0 Å². The van der Waals surface area contributed by atoms with Crippen molar-refractivity contribution < 1.29 is 18.0 Å². The summed E-state index contributed by atoms with van der Waals surface area (Å²) < 4.78 is 45.2. The van der Waals surface area contributed by atoms with Crippen molar-refractivity contribution in [2.24, 2.45) is 5.92 Å². The van der Waals surface area contributed by atoms with Gasteiger partial charge in [-0.1, -0.05) is 11.8 Å². The van der Waals surface area contributed by atoms with Gasteiger partial charge in [-0.2, -0.15) is 0 Å². The molecule has 1 fully saturated rings. The summed E-state index contributed by atoms with van der Waals surface area (Å²) in [4.78, 5) is 23.9. The molecule has 0 unspecified atom stereocenters. The molecule has 2 aromatic rings. The van der Waals surface area contributed by atoms with Crippen LogP contribution in [-0.2, 0) is 12.1 Å². The van der Waals surface area contributed by atoms with Crippen molar-refractivity contribution in [2.75, 3.05) is 5.32 Å². The molecular formula is C18H15ClF3N5O2. The van der Waals surface area contributed by atoms with Gasteiger partial charge in [0.2, 0.25) is 5.28 Å². The van der Waals surface area contributed by atoms with E-state index in [9.17, 15) is 22.8 Å². The highest BCUT2D eigenvalue weighted by molar-refractivity contribution is 6.28. The first kappa shape index (κ1) is 19.4. The summed E-state index contributed by atoms with van der Waals surface area (Å²) in [5.74, 6) is 0.890. The van der Waals surface area contributed by atoms with Crippen LogP contribution in [0.4, 0.5) is 23.7 Å². The van der Waals surface area contributed by atoms with Crippen LogP contribution in [-0.4, -0.2) is 26.7 Å². The molecule has 0 saturated heterocycles. The number of benzene rings is 1. The van der Waals surface area contributed by atoms with Crippen LogP contribution in [0.25, 0.3) is 0 Å². The molecule has 2 heterocycles. The number of rotatable bonds is 3. The molecule has 11 heteroatoms. The number of hydrogen-bond donors (Lipinski definition) is 3. The van der Waals surface area contributed by atoms with E-state index in [4.69, 9.17) is 11.6 Å². The molecule has 0 radical (unpaired) electrons. The van der Waals surface area contributed by atoms with E-state index in [1.807, 2.05) is 0 Å². The number of hydrogen-bond acceptors (Lipinski definition) is 3. The Kier molecular flexibility index (Phi) is 4.38. The predicted octanol–water partition coefficient (Wildman–Crippen LogP) is 2.81. The molecule has 3 N–H and O–H groups in total. The molecule has 0 bridgehead atoms. The van der Waals surface area contributed by atoms with Crippen LogP contribution < -0.4 is 16.3 Å². The number of urea groups is 1. The van der Waals surface area contributed by atoms with Crippen molar-refractivity contribution in [1.29, 1.82) is 0 Å². The quantitative estimate of drug-likeness (QED) is 0.660. The Balaban J connectivity index is 1.85. The SMILES string of the molecule is CC(F)(F)[C@@]1(C#CC2CC2)NC(=O)Nc2cc(Cn3c(Cl)n[nH]c3=O)c(F)cc21. The number of aromatic amines is 1. The van der Waals surface area contributed by atoms with Crippen LogP contribution >= 0.6 is 11.6 Å². The van der Waals surface area contributed by atoms with Crippen LogP contribution in [0.5, 0.6) is 0 Å². The number of carbonyl (C=O) groups is 1. The van der Waals surface area contributed by atoms with E-state index < -0.39 is 29.0 Å². The summed E-state index contributed by atoms with van der Waals surface area (Å²) in [6.07, 6.45) is 1.59. The maximum Gasteiger partial charge on any atom is 0.344 e. The highest BCUT2D eigenvalue weighted by Crippen LogP contribution is 2.44. The summed E-state index contributed by atoms with van der Waals surface area (Å²) in [6, 6.07) is 1.20. The van der Waals surface area contributed by atoms with Gasteiger partial charge in [0.1, 0.15) is 5.82 Å². The summed E-state index contributed by atoms with van der Waals surface area (Å²) in [5.41, 5.74) is -3.30. The lowest BCUT2D eigenvalue weighted by Gasteiger charge is -2.40. The fraction of sp³-hybridized carbons (Fsp3) is 0.389. The van der Waals surface area contributed by atoms with Gasteiger partial charge in [0.15, 0.2) is 5.54 Å². The molecular weight excluding hydrogens is 411 g/mol. The molecule has 1 atom stereocenters. The number of nitrogens with one attached hydrogen (secondary N) is 3. The molecule has 7 nitrogen and oxygen atoms in total. The van der Waals surface area contributed by atoms with E-state index in [1.165, 1.54) is 6.07 Å².